The van der Waals surface area contributed by atoms with E-state index in [1.54, 1.807) is 11.3 Å². The molecule has 0 atom stereocenters. The highest BCUT2D eigenvalue weighted by Crippen LogP contribution is 2.28. The molecule has 0 aliphatic rings. The molecule has 2 aromatic carbocycles. The van der Waals surface area contributed by atoms with Crippen molar-refractivity contribution >= 4 is 38.9 Å². The van der Waals surface area contributed by atoms with Gasteiger partial charge in [0.2, 0.25) is 5.13 Å². The molecule has 0 aliphatic carbocycles. The molecular formula is C25H29N3O4S. The van der Waals surface area contributed by atoms with Gasteiger partial charge in [-0.15, -0.1) is 0 Å². The number of para-hydroxylation sites is 1. The summed E-state index contributed by atoms with van der Waals surface area (Å²) in [5, 5.41) is 7.43. The van der Waals surface area contributed by atoms with E-state index in [0.717, 1.165) is 27.0 Å². The minimum absolute atomic E-state index is 0.198. The standard InChI is InChI=1S/C25H29N3O4S/c1-4-24(29)32-16-15-31-14-13-30-12-11-28(25-27-22-7-5-6-8-23(22)33-25)26-18-21-17-19(2)9-10-20(21)3/h4-10,17-18H,1,11-16H2,2-3H3/b26-18+. The van der Waals surface area contributed by atoms with E-state index in [-0.39, 0.29) is 6.61 Å². The van der Waals surface area contributed by atoms with E-state index >= 15 is 0 Å². The molecule has 0 fully saturated rings. The summed E-state index contributed by atoms with van der Waals surface area (Å²) in [4.78, 5) is 15.7. The third kappa shape index (κ3) is 7.78. The van der Waals surface area contributed by atoms with Crippen LogP contribution in [-0.2, 0) is 19.0 Å². The third-order valence-electron chi connectivity index (χ3n) is 4.73. The van der Waals surface area contributed by atoms with Gasteiger partial charge in [0.25, 0.3) is 0 Å². The quantitative estimate of drug-likeness (QED) is 0.121. The molecule has 0 spiro atoms. The first-order valence-corrected chi connectivity index (χ1v) is 11.6. The van der Waals surface area contributed by atoms with E-state index in [9.17, 15) is 4.79 Å². The Hall–Kier alpha value is -3.07. The number of carbonyl (C=O) groups is 1. The Morgan fingerprint density at radius 2 is 1.85 bits per heavy atom. The van der Waals surface area contributed by atoms with Crippen LogP contribution >= 0.6 is 11.3 Å². The molecule has 0 amide bonds. The molecule has 7 nitrogen and oxygen atoms in total. The number of benzene rings is 2. The van der Waals surface area contributed by atoms with Gasteiger partial charge in [0.1, 0.15) is 6.61 Å². The molecule has 0 N–H and O–H groups in total. The van der Waals surface area contributed by atoms with Gasteiger partial charge in [0, 0.05) is 6.08 Å². The topological polar surface area (TPSA) is 73.2 Å². The van der Waals surface area contributed by atoms with Crippen molar-refractivity contribution in [3.8, 4) is 0 Å². The zero-order valence-electron chi connectivity index (χ0n) is 19.0. The van der Waals surface area contributed by atoms with Gasteiger partial charge in [-0.1, -0.05) is 53.8 Å². The van der Waals surface area contributed by atoms with E-state index in [1.807, 2.05) is 29.4 Å². The minimum atomic E-state index is -0.453. The van der Waals surface area contributed by atoms with E-state index < -0.39 is 5.97 Å². The van der Waals surface area contributed by atoms with E-state index in [0.29, 0.717) is 33.0 Å². The van der Waals surface area contributed by atoms with Crippen molar-refractivity contribution in [1.29, 1.82) is 0 Å². The van der Waals surface area contributed by atoms with E-state index in [4.69, 9.17) is 24.3 Å². The molecule has 0 bridgehead atoms. The van der Waals surface area contributed by atoms with Crippen LogP contribution in [0.3, 0.4) is 0 Å². The maximum absolute atomic E-state index is 11.0. The van der Waals surface area contributed by atoms with Gasteiger partial charge < -0.3 is 14.2 Å². The van der Waals surface area contributed by atoms with E-state index in [1.165, 1.54) is 11.1 Å². The Balaban J connectivity index is 1.55. The van der Waals surface area contributed by atoms with Gasteiger partial charge in [-0.2, -0.15) is 5.10 Å². The van der Waals surface area contributed by atoms with E-state index in [2.05, 4.69) is 44.7 Å². The van der Waals surface area contributed by atoms with Gasteiger partial charge >= 0.3 is 5.97 Å². The molecule has 3 aromatic rings. The maximum Gasteiger partial charge on any atom is 0.330 e. The fraction of sp³-hybridized carbons (Fsp3) is 0.320. The molecule has 174 valence electrons. The van der Waals surface area contributed by atoms with Crippen LogP contribution in [-0.4, -0.2) is 56.7 Å². The lowest BCUT2D eigenvalue weighted by molar-refractivity contribution is -0.139. The number of rotatable bonds is 13. The lowest BCUT2D eigenvalue weighted by Gasteiger charge is -2.16. The smallest absolute Gasteiger partial charge is 0.330 e. The lowest BCUT2D eigenvalue weighted by atomic mass is 10.1. The number of aromatic nitrogens is 1. The number of hydrazone groups is 1. The average Bonchev–Trinajstić information content (AvgIpc) is 3.25. The summed E-state index contributed by atoms with van der Waals surface area (Å²) in [7, 11) is 0. The van der Waals surface area contributed by atoms with Crippen molar-refractivity contribution in [1.82, 2.24) is 4.98 Å². The van der Waals surface area contributed by atoms with Crippen molar-refractivity contribution in [3.05, 3.63) is 71.8 Å². The van der Waals surface area contributed by atoms with Crippen molar-refractivity contribution in [2.24, 2.45) is 5.10 Å². The second-order valence-electron chi connectivity index (χ2n) is 7.29. The summed E-state index contributed by atoms with van der Waals surface area (Å²) in [6, 6.07) is 14.4. The number of nitrogens with zero attached hydrogens (tertiary/aromatic N) is 3. The lowest BCUT2D eigenvalue weighted by Crippen LogP contribution is -2.23. The Labute approximate surface area is 198 Å². The summed E-state index contributed by atoms with van der Waals surface area (Å²) in [6.07, 6.45) is 3.01. The minimum Gasteiger partial charge on any atom is -0.460 e. The van der Waals surface area contributed by atoms with Crippen molar-refractivity contribution in [3.63, 3.8) is 0 Å². The van der Waals surface area contributed by atoms with Crippen LogP contribution in [0.5, 0.6) is 0 Å². The average molecular weight is 468 g/mol. The van der Waals surface area contributed by atoms with Crippen LogP contribution in [0.15, 0.2) is 60.2 Å². The van der Waals surface area contributed by atoms with Crippen molar-refractivity contribution < 1.29 is 19.0 Å². The van der Waals surface area contributed by atoms with Crippen LogP contribution in [0, 0.1) is 13.8 Å². The first kappa shape index (κ1) is 24.6. The normalized spacial score (nSPS) is 11.2. The Morgan fingerprint density at radius 1 is 1.09 bits per heavy atom. The first-order valence-electron chi connectivity index (χ1n) is 10.8. The highest BCUT2D eigenvalue weighted by molar-refractivity contribution is 7.22. The van der Waals surface area contributed by atoms with Crippen LogP contribution in [0.25, 0.3) is 10.2 Å². The highest BCUT2D eigenvalue weighted by Gasteiger charge is 2.11. The molecule has 0 saturated carbocycles. The number of esters is 1. The van der Waals surface area contributed by atoms with Crippen LogP contribution in [0.4, 0.5) is 5.13 Å². The SMILES string of the molecule is C=CC(=O)OCCOCCOCCN(/N=C/c1cc(C)ccc1C)c1nc2ccccc2s1. The Morgan fingerprint density at radius 3 is 2.64 bits per heavy atom. The fourth-order valence-corrected chi connectivity index (χ4v) is 3.89. The number of anilines is 1. The number of thiazole rings is 1. The van der Waals surface area contributed by atoms with Crippen molar-refractivity contribution in [2.45, 2.75) is 13.8 Å². The molecule has 1 aromatic heterocycles. The number of carbonyl (C=O) groups excluding carboxylic acids is 1. The van der Waals surface area contributed by atoms with Crippen molar-refractivity contribution in [2.75, 3.05) is 44.6 Å². The summed E-state index contributed by atoms with van der Waals surface area (Å²) in [5.41, 5.74) is 4.39. The van der Waals surface area contributed by atoms with Crippen LogP contribution in [0.1, 0.15) is 16.7 Å². The molecular weight excluding hydrogens is 438 g/mol. The molecule has 8 heteroatoms. The number of aryl methyl sites for hydroxylation is 2. The largest absolute Gasteiger partial charge is 0.460 e. The van der Waals surface area contributed by atoms with Gasteiger partial charge in [-0.3, -0.25) is 0 Å². The molecule has 0 aliphatic heterocycles. The van der Waals surface area contributed by atoms with Gasteiger partial charge in [-0.25, -0.2) is 14.8 Å². The second-order valence-corrected chi connectivity index (χ2v) is 8.30. The molecule has 3 rings (SSSR count). The summed E-state index contributed by atoms with van der Waals surface area (Å²) >= 11 is 1.60. The summed E-state index contributed by atoms with van der Waals surface area (Å²) in [5.74, 6) is -0.453. The van der Waals surface area contributed by atoms with Gasteiger partial charge in [0.05, 0.1) is 49.4 Å². The number of ether oxygens (including phenoxy) is 3. The molecule has 0 unspecified atom stereocenters. The molecule has 33 heavy (non-hydrogen) atoms. The molecule has 0 saturated heterocycles. The molecule has 0 radical (unpaired) electrons. The summed E-state index contributed by atoms with van der Waals surface area (Å²) in [6.45, 7) is 9.88. The number of fused-ring (bicyclic) bond motifs is 1. The highest BCUT2D eigenvalue weighted by atomic mass is 32.1. The zero-order chi connectivity index (χ0) is 23.5. The number of hydrogen-bond acceptors (Lipinski definition) is 8. The van der Waals surface area contributed by atoms with Gasteiger partial charge in [0.15, 0.2) is 0 Å². The maximum atomic E-state index is 11.0. The Kier molecular flexibility index (Phi) is 9.56. The first-order chi connectivity index (χ1) is 16.1. The van der Waals surface area contributed by atoms with Crippen LogP contribution in [0.2, 0.25) is 0 Å². The molecule has 1 heterocycles. The van der Waals surface area contributed by atoms with Gasteiger partial charge in [-0.05, 0) is 37.1 Å². The predicted octanol–water partition coefficient (Wildman–Crippen LogP) is 4.52. The Bertz CT molecular complexity index is 1060. The monoisotopic (exact) mass is 467 g/mol. The number of hydrogen-bond donors (Lipinski definition) is 0. The third-order valence-corrected chi connectivity index (χ3v) is 5.78. The van der Waals surface area contributed by atoms with Crippen LogP contribution < -0.4 is 5.01 Å². The summed E-state index contributed by atoms with van der Waals surface area (Å²) < 4.78 is 17.1. The zero-order valence-corrected chi connectivity index (χ0v) is 19.8. The second kappa shape index (κ2) is 12.8. The fourth-order valence-electron chi connectivity index (χ4n) is 2.94. The predicted molar refractivity (Wildman–Crippen MR) is 133 cm³/mol.